The lowest BCUT2D eigenvalue weighted by Crippen LogP contribution is -2.09. The van der Waals surface area contributed by atoms with Gasteiger partial charge in [0.25, 0.3) is 0 Å². The molecule has 0 atom stereocenters. The standard InChI is InChI=1S/C23H46O4/c1-5-8-11-13-16-19-25-22(18-15-10-7-3)23(27-21-24-4)26-20-17-14-12-9-6-2/h5-21H2,1-4H3. The Morgan fingerprint density at radius 1 is 0.556 bits per heavy atom. The van der Waals surface area contributed by atoms with Crippen LogP contribution in [0.4, 0.5) is 0 Å². The zero-order valence-corrected chi connectivity index (χ0v) is 18.7. The minimum absolute atomic E-state index is 0.197. The monoisotopic (exact) mass is 386 g/mol. The minimum atomic E-state index is 0.197. The van der Waals surface area contributed by atoms with E-state index in [1.807, 2.05) is 0 Å². The lowest BCUT2D eigenvalue weighted by atomic mass is 10.1. The van der Waals surface area contributed by atoms with Gasteiger partial charge in [-0.25, -0.2) is 0 Å². The first-order chi connectivity index (χ1) is 13.3. The Bertz CT molecular complexity index is 328. The quantitative estimate of drug-likeness (QED) is 0.117. The average Bonchev–Trinajstić information content (AvgIpc) is 2.68. The molecule has 0 aliphatic heterocycles. The van der Waals surface area contributed by atoms with E-state index in [4.69, 9.17) is 18.9 Å². The first-order valence-electron chi connectivity index (χ1n) is 11.4. The molecule has 0 aromatic heterocycles. The fourth-order valence-electron chi connectivity index (χ4n) is 2.86. The van der Waals surface area contributed by atoms with E-state index in [1.165, 1.54) is 64.2 Å². The molecule has 0 aromatic rings. The molecule has 0 spiro atoms. The van der Waals surface area contributed by atoms with E-state index >= 15 is 0 Å². The Morgan fingerprint density at radius 3 is 1.63 bits per heavy atom. The second-order valence-electron chi connectivity index (χ2n) is 7.24. The Hall–Kier alpha value is -0.900. The highest BCUT2D eigenvalue weighted by Crippen LogP contribution is 2.19. The molecule has 0 bridgehead atoms. The van der Waals surface area contributed by atoms with Crippen molar-refractivity contribution >= 4 is 0 Å². The zero-order chi connectivity index (χ0) is 20.0. The van der Waals surface area contributed by atoms with Gasteiger partial charge in [-0.05, 0) is 19.3 Å². The summed E-state index contributed by atoms with van der Waals surface area (Å²) in [5, 5.41) is 0. The van der Waals surface area contributed by atoms with Crippen LogP contribution in [0.5, 0.6) is 0 Å². The largest absolute Gasteiger partial charge is 0.491 e. The van der Waals surface area contributed by atoms with Crippen LogP contribution in [0.3, 0.4) is 0 Å². The van der Waals surface area contributed by atoms with E-state index in [1.54, 1.807) is 7.11 Å². The van der Waals surface area contributed by atoms with Crippen LogP contribution in [0.25, 0.3) is 0 Å². The SMILES string of the molecule is CCCCCCCOC(CCCCC)=C(OCCCCCCC)OCOC. The highest BCUT2D eigenvalue weighted by molar-refractivity contribution is 4.95. The van der Waals surface area contributed by atoms with Gasteiger partial charge in [0.2, 0.25) is 0 Å². The predicted octanol–water partition coefficient (Wildman–Crippen LogP) is 7.33. The third kappa shape index (κ3) is 17.0. The average molecular weight is 387 g/mol. The molecule has 0 radical (unpaired) electrons. The lowest BCUT2D eigenvalue weighted by molar-refractivity contribution is -0.0692. The predicted molar refractivity (Wildman–Crippen MR) is 114 cm³/mol. The van der Waals surface area contributed by atoms with Crippen LogP contribution in [0.15, 0.2) is 11.7 Å². The molecule has 0 N–H and O–H groups in total. The number of allylic oxidation sites excluding steroid dienone is 1. The van der Waals surface area contributed by atoms with Gasteiger partial charge in [-0.2, -0.15) is 0 Å². The molecular weight excluding hydrogens is 340 g/mol. The van der Waals surface area contributed by atoms with Crippen molar-refractivity contribution in [2.45, 2.75) is 111 Å². The maximum atomic E-state index is 6.10. The number of hydrogen-bond donors (Lipinski definition) is 0. The van der Waals surface area contributed by atoms with Gasteiger partial charge in [0.05, 0.1) is 13.2 Å². The third-order valence-corrected chi connectivity index (χ3v) is 4.55. The van der Waals surface area contributed by atoms with Gasteiger partial charge >= 0.3 is 5.95 Å². The molecule has 0 aliphatic rings. The molecule has 0 unspecified atom stereocenters. The molecule has 162 valence electrons. The summed E-state index contributed by atoms with van der Waals surface area (Å²) >= 11 is 0. The van der Waals surface area contributed by atoms with E-state index in [9.17, 15) is 0 Å². The minimum Gasteiger partial charge on any atom is -0.491 e. The van der Waals surface area contributed by atoms with Crippen molar-refractivity contribution in [3.8, 4) is 0 Å². The van der Waals surface area contributed by atoms with Crippen LogP contribution in [0.1, 0.15) is 111 Å². The maximum Gasteiger partial charge on any atom is 0.321 e. The molecule has 4 heteroatoms. The molecule has 4 nitrogen and oxygen atoms in total. The van der Waals surface area contributed by atoms with Crippen molar-refractivity contribution < 1.29 is 18.9 Å². The Labute approximate surface area is 169 Å². The van der Waals surface area contributed by atoms with Gasteiger partial charge in [-0.1, -0.05) is 85.0 Å². The van der Waals surface area contributed by atoms with Crippen molar-refractivity contribution in [3.05, 3.63) is 11.7 Å². The molecule has 0 rings (SSSR count). The summed E-state index contributed by atoms with van der Waals surface area (Å²) in [6.45, 7) is 8.31. The molecule has 0 saturated heterocycles. The highest BCUT2D eigenvalue weighted by atomic mass is 16.7. The topological polar surface area (TPSA) is 36.9 Å². The summed E-state index contributed by atoms with van der Waals surface area (Å²) in [5.74, 6) is 1.40. The molecule has 27 heavy (non-hydrogen) atoms. The van der Waals surface area contributed by atoms with Crippen molar-refractivity contribution in [1.29, 1.82) is 0 Å². The van der Waals surface area contributed by atoms with E-state index in [0.29, 0.717) is 12.6 Å². The third-order valence-electron chi connectivity index (χ3n) is 4.55. The van der Waals surface area contributed by atoms with E-state index in [0.717, 1.165) is 38.0 Å². The summed E-state index contributed by atoms with van der Waals surface area (Å²) in [5.41, 5.74) is 0. The van der Waals surface area contributed by atoms with Crippen LogP contribution in [0.2, 0.25) is 0 Å². The summed E-state index contributed by atoms with van der Waals surface area (Å²) in [7, 11) is 1.63. The van der Waals surface area contributed by atoms with Crippen LogP contribution in [0, 0.1) is 0 Å². The highest BCUT2D eigenvalue weighted by Gasteiger charge is 2.13. The Balaban J connectivity index is 4.57. The number of ether oxygens (including phenoxy) is 4. The molecule has 0 heterocycles. The van der Waals surface area contributed by atoms with E-state index < -0.39 is 0 Å². The van der Waals surface area contributed by atoms with Gasteiger partial charge < -0.3 is 18.9 Å². The van der Waals surface area contributed by atoms with Gasteiger partial charge in [0.15, 0.2) is 12.6 Å². The van der Waals surface area contributed by atoms with Crippen molar-refractivity contribution in [1.82, 2.24) is 0 Å². The molecule has 0 amide bonds. The summed E-state index contributed by atoms with van der Waals surface area (Å²) in [4.78, 5) is 0. The summed E-state index contributed by atoms with van der Waals surface area (Å²) < 4.78 is 22.9. The number of unbranched alkanes of at least 4 members (excludes halogenated alkanes) is 10. The second-order valence-corrected chi connectivity index (χ2v) is 7.24. The molecule has 0 saturated carbocycles. The normalized spacial score (nSPS) is 12.0. The maximum absolute atomic E-state index is 6.10. The summed E-state index contributed by atoms with van der Waals surface area (Å²) in [6, 6.07) is 0. The Kier molecular flexibility index (Phi) is 20.7. The summed E-state index contributed by atoms with van der Waals surface area (Å²) in [6.07, 6.45) is 16.6. The van der Waals surface area contributed by atoms with Crippen LogP contribution >= 0.6 is 0 Å². The van der Waals surface area contributed by atoms with E-state index in [2.05, 4.69) is 20.8 Å². The van der Waals surface area contributed by atoms with Gasteiger partial charge in [0.1, 0.15) is 0 Å². The number of rotatable bonds is 21. The molecule has 0 aromatic carbocycles. The fraction of sp³-hybridized carbons (Fsp3) is 0.913. The van der Waals surface area contributed by atoms with Crippen LogP contribution in [-0.2, 0) is 18.9 Å². The van der Waals surface area contributed by atoms with Crippen molar-refractivity contribution in [2.24, 2.45) is 0 Å². The van der Waals surface area contributed by atoms with E-state index in [-0.39, 0.29) is 6.79 Å². The Morgan fingerprint density at radius 2 is 1.07 bits per heavy atom. The number of hydrogen-bond acceptors (Lipinski definition) is 4. The van der Waals surface area contributed by atoms with Gasteiger partial charge in [-0.15, -0.1) is 0 Å². The first-order valence-corrected chi connectivity index (χ1v) is 11.4. The van der Waals surface area contributed by atoms with Crippen LogP contribution in [-0.4, -0.2) is 27.1 Å². The van der Waals surface area contributed by atoms with Gasteiger partial charge in [0, 0.05) is 13.5 Å². The van der Waals surface area contributed by atoms with Gasteiger partial charge in [-0.3, -0.25) is 0 Å². The fourth-order valence-corrected chi connectivity index (χ4v) is 2.86. The zero-order valence-electron chi connectivity index (χ0n) is 18.7. The van der Waals surface area contributed by atoms with Crippen LogP contribution < -0.4 is 0 Å². The first kappa shape index (κ1) is 26.1. The molecule has 0 aliphatic carbocycles. The molecular formula is C23H46O4. The van der Waals surface area contributed by atoms with Crippen molar-refractivity contribution in [3.63, 3.8) is 0 Å². The lowest BCUT2D eigenvalue weighted by Gasteiger charge is -2.17. The number of methoxy groups -OCH3 is 1. The molecule has 0 fully saturated rings. The smallest absolute Gasteiger partial charge is 0.321 e. The second kappa shape index (κ2) is 21.4. The van der Waals surface area contributed by atoms with Crippen molar-refractivity contribution in [2.75, 3.05) is 27.1 Å².